The first kappa shape index (κ1) is 16.7. The highest BCUT2D eigenvalue weighted by Crippen LogP contribution is 2.27. The monoisotopic (exact) mass is 306 g/mol. The van der Waals surface area contributed by atoms with Crippen molar-refractivity contribution in [2.75, 3.05) is 31.2 Å². The van der Waals surface area contributed by atoms with Crippen LogP contribution in [0.2, 0.25) is 0 Å². The largest absolute Gasteiger partial charge is 0.380 e. The molecule has 3 heteroatoms. The average Bonchev–Trinajstić information content (AvgIpc) is 2.44. The molecule has 1 aromatic rings. The summed E-state index contributed by atoms with van der Waals surface area (Å²) >= 11 is 1.87. The van der Waals surface area contributed by atoms with Crippen LogP contribution >= 0.6 is 11.8 Å². The van der Waals surface area contributed by atoms with Gasteiger partial charge in [-0.05, 0) is 49.6 Å². The Bertz CT molecular complexity index is 419. The van der Waals surface area contributed by atoms with Gasteiger partial charge < -0.3 is 10.2 Å². The van der Waals surface area contributed by atoms with Gasteiger partial charge in [0.25, 0.3) is 0 Å². The van der Waals surface area contributed by atoms with E-state index in [9.17, 15) is 0 Å². The van der Waals surface area contributed by atoms with E-state index < -0.39 is 0 Å². The first-order chi connectivity index (χ1) is 10.0. The predicted octanol–water partition coefficient (Wildman–Crippen LogP) is 4.47. The smallest absolute Gasteiger partial charge is 0.0370 e. The molecule has 1 N–H and O–H groups in total. The number of piperidine rings is 1. The van der Waals surface area contributed by atoms with E-state index in [0.717, 1.165) is 11.7 Å². The van der Waals surface area contributed by atoms with Crippen molar-refractivity contribution in [2.45, 2.75) is 44.9 Å². The molecule has 1 aliphatic rings. The predicted molar refractivity (Wildman–Crippen MR) is 96.2 cm³/mol. The molecule has 1 fully saturated rings. The first-order valence-corrected chi connectivity index (χ1v) is 9.48. The van der Waals surface area contributed by atoms with E-state index in [1.165, 1.54) is 43.7 Å². The third-order valence-electron chi connectivity index (χ3n) is 4.29. The Morgan fingerprint density at radius 2 is 1.81 bits per heavy atom. The van der Waals surface area contributed by atoms with Crippen LogP contribution in [-0.4, -0.2) is 36.3 Å². The molecule has 21 heavy (non-hydrogen) atoms. The number of likely N-dealkylation sites (tertiary alicyclic amines) is 1. The van der Waals surface area contributed by atoms with Gasteiger partial charge in [0.2, 0.25) is 0 Å². The number of hydrogen-bond acceptors (Lipinski definition) is 3. The molecule has 0 spiro atoms. The van der Waals surface area contributed by atoms with E-state index >= 15 is 0 Å². The van der Waals surface area contributed by atoms with Crippen LogP contribution in [0.25, 0.3) is 0 Å². The number of benzene rings is 1. The molecule has 0 aromatic heterocycles. The van der Waals surface area contributed by atoms with Crippen LogP contribution in [0.1, 0.15) is 39.2 Å². The summed E-state index contributed by atoms with van der Waals surface area (Å²) in [4.78, 5) is 2.61. The normalized spacial score (nSPS) is 18.9. The van der Waals surface area contributed by atoms with Crippen LogP contribution in [0.3, 0.4) is 0 Å². The SMILES string of the molecule is CSCc1ccc(NC2(C)CCN(CC(C)C)CC2)cc1. The lowest BCUT2D eigenvalue weighted by atomic mass is 9.89. The van der Waals surface area contributed by atoms with Gasteiger partial charge in [0.15, 0.2) is 0 Å². The van der Waals surface area contributed by atoms with Gasteiger partial charge in [0.05, 0.1) is 0 Å². The third kappa shape index (κ3) is 5.23. The number of nitrogens with one attached hydrogen (secondary N) is 1. The molecule has 1 heterocycles. The van der Waals surface area contributed by atoms with Gasteiger partial charge in [-0.2, -0.15) is 11.8 Å². The Labute approximate surface area is 134 Å². The molecule has 1 aliphatic heterocycles. The van der Waals surface area contributed by atoms with E-state index in [4.69, 9.17) is 0 Å². The summed E-state index contributed by atoms with van der Waals surface area (Å²) in [5.74, 6) is 1.87. The molecule has 1 saturated heterocycles. The Balaban J connectivity index is 1.87. The molecular weight excluding hydrogens is 276 g/mol. The average molecular weight is 307 g/mol. The molecule has 0 radical (unpaired) electrons. The number of rotatable bonds is 6. The Hall–Kier alpha value is -0.670. The van der Waals surface area contributed by atoms with Crippen molar-refractivity contribution in [2.24, 2.45) is 5.92 Å². The van der Waals surface area contributed by atoms with Crippen LogP contribution in [0.5, 0.6) is 0 Å². The Morgan fingerprint density at radius 3 is 2.33 bits per heavy atom. The summed E-state index contributed by atoms with van der Waals surface area (Å²) in [6.45, 7) is 10.7. The molecule has 0 unspecified atom stereocenters. The minimum absolute atomic E-state index is 0.245. The van der Waals surface area contributed by atoms with E-state index in [1.807, 2.05) is 11.8 Å². The fourth-order valence-electron chi connectivity index (χ4n) is 3.07. The van der Waals surface area contributed by atoms with Crippen molar-refractivity contribution in [1.29, 1.82) is 0 Å². The summed E-state index contributed by atoms with van der Waals surface area (Å²) in [5, 5.41) is 3.77. The maximum absolute atomic E-state index is 3.77. The number of nitrogens with zero attached hydrogens (tertiary/aromatic N) is 1. The molecule has 1 aromatic carbocycles. The Morgan fingerprint density at radius 1 is 1.19 bits per heavy atom. The topological polar surface area (TPSA) is 15.3 Å². The quantitative estimate of drug-likeness (QED) is 0.834. The molecular formula is C18H30N2S. The maximum atomic E-state index is 3.77. The molecule has 0 saturated carbocycles. The maximum Gasteiger partial charge on any atom is 0.0370 e. The highest BCUT2D eigenvalue weighted by atomic mass is 32.2. The zero-order valence-electron chi connectivity index (χ0n) is 14.0. The van der Waals surface area contributed by atoms with Gasteiger partial charge in [-0.15, -0.1) is 0 Å². The number of anilines is 1. The minimum Gasteiger partial charge on any atom is -0.380 e. The molecule has 0 bridgehead atoms. The highest BCUT2D eigenvalue weighted by Gasteiger charge is 2.29. The third-order valence-corrected chi connectivity index (χ3v) is 4.92. The summed E-state index contributed by atoms with van der Waals surface area (Å²) in [6.07, 6.45) is 4.61. The van der Waals surface area contributed by atoms with Crippen LogP contribution in [-0.2, 0) is 5.75 Å². The van der Waals surface area contributed by atoms with Gasteiger partial charge in [-0.3, -0.25) is 0 Å². The van der Waals surface area contributed by atoms with Crippen molar-refractivity contribution >= 4 is 17.4 Å². The summed E-state index contributed by atoms with van der Waals surface area (Å²) < 4.78 is 0. The molecule has 0 amide bonds. The molecule has 2 nitrogen and oxygen atoms in total. The van der Waals surface area contributed by atoms with E-state index in [2.05, 4.69) is 61.5 Å². The number of thioether (sulfide) groups is 1. The fourth-order valence-corrected chi connectivity index (χ4v) is 3.60. The van der Waals surface area contributed by atoms with E-state index in [-0.39, 0.29) is 5.54 Å². The summed E-state index contributed by atoms with van der Waals surface area (Å²) in [6, 6.07) is 8.96. The van der Waals surface area contributed by atoms with Crippen molar-refractivity contribution in [3.8, 4) is 0 Å². The second kappa shape index (κ2) is 7.55. The molecule has 2 rings (SSSR count). The lowest BCUT2D eigenvalue weighted by molar-refractivity contribution is 0.166. The standard InChI is InChI=1S/C18H30N2S/c1-15(2)13-20-11-9-18(3,10-12-20)19-17-7-5-16(6-8-17)14-21-4/h5-8,15,19H,9-14H2,1-4H3. The molecule has 0 aliphatic carbocycles. The van der Waals surface area contributed by atoms with Crippen LogP contribution in [0.15, 0.2) is 24.3 Å². The van der Waals surface area contributed by atoms with Gasteiger partial charge in [-0.1, -0.05) is 26.0 Å². The second-order valence-electron chi connectivity index (χ2n) is 7.01. The lowest BCUT2D eigenvalue weighted by Gasteiger charge is -2.41. The van der Waals surface area contributed by atoms with Gasteiger partial charge in [0, 0.05) is 36.6 Å². The van der Waals surface area contributed by atoms with Gasteiger partial charge in [-0.25, -0.2) is 0 Å². The highest BCUT2D eigenvalue weighted by molar-refractivity contribution is 7.97. The van der Waals surface area contributed by atoms with Crippen molar-refractivity contribution in [1.82, 2.24) is 4.90 Å². The number of hydrogen-bond donors (Lipinski definition) is 1. The van der Waals surface area contributed by atoms with Crippen LogP contribution in [0, 0.1) is 5.92 Å². The first-order valence-electron chi connectivity index (χ1n) is 8.09. The summed E-state index contributed by atoms with van der Waals surface area (Å²) in [7, 11) is 0. The van der Waals surface area contributed by atoms with Gasteiger partial charge >= 0.3 is 0 Å². The van der Waals surface area contributed by atoms with Crippen molar-refractivity contribution < 1.29 is 0 Å². The van der Waals surface area contributed by atoms with E-state index in [1.54, 1.807) is 0 Å². The van der Waals surface area contributed by atoms with E-state index in [0.29, 0.717) is 0 Å². The van der Waals surface area contributed by atoms with Crippen molar-refractivity contribution in [3.63, 3.8) is 0 Å². The second-order valence-corrected chi connectivity index (χ2v) is 7.88. The molecule has 0 atom stereocenters. The van der Waals surface area contributed by atoms with Gasteiger partial charge in [0.1, 0.15) is 0 Å². The fraction of sp³-hybridized carbons (Fsp3) is 0.667. The zero-order chi connectivity index (χ0) is 15.3. The van der Waals surface area contributed by atoms with Crippen LogP contribution < -0.4 is 5.32 Å². The van der Waals surface area contributed by atoms with Crippen LogP contribution in [0.4, 0.5) is 5.69 Å². The van der Waals surface area contributed by atoms with Crippen molar-refractivity contribution in [3.05, 3.63) is 29.8 Å². The summed E-state index contributed by atoms with van der Waals surface area (Å²) in [5.41, 5.74) is 2.92. The molecule has 118 valence electrons. The minimum atomic E-state index is 0.245. The Kier molecular flexibility index (Phi) is 6.00. The lowest BCUT2D eigenvalue weighted by Crippen LogP contribution is -2.48. The zero-order valence-corrected chi connectivity index (χ0v) is 14.8.